The zero-order chi connectivity index (χ0) is 14.0. The third-order valence-electron chi connectivity index (χ3n) is 2.72. The molecule has 0 spiro atoms. The second-order valence-corrected chi connectivity index (χ2v) is 4.07. The standard InChI is InChI=1S/C12H12F3N3O/c13-12(14,15)10-3-1-2-8(4-10)6-18-11(16)9(7-19)5-17-18/h1-5,19H,6-7,16H2. The van der Waals surface area contributed by atoms with E-state index in [9.17, 15) is 13.2 Å². The van der Waals surface area contributed by atoms with Crippen molar-refractivity contribution in [3.63, 3.8) is 0 Å². The van der Waals surface area contributed by atoms with Crippen molar-refractivity contribution in [2.24, 2.45) is 0 Å². The van der Waals surface area contributed by atoms with Gasteiger partial charge < -0.3 is 10.8 Å². The van der Waals surface area contributed by atoms with E-state index in [-0.39, 0.29) is 19.0 Å². The van der Waals surface area contributed by atoms with Gasteiger partial charge in [-0.1, -0.05) is 12.1 Å². The molecule has 2 rings (SSSR count). The summed E-state index contributed by atoms with van der Waals surface area (Å²) in [5.41, 5.74) is 5.88. The van der Waals surface area contributed by atoms with Crippen LogP contribution in [0.15, 0.2) is 30.5 Å². The Morgan fingerprint density at radius 1 is 1.32 bits per heavy atom. The minimum absolute atomic E-state index is 0.121. The van der Waals surface area contributed by atoms with Crippen molar-refractivity contribution in [1.29, 1.82) is 0 Å². The fraction of sp³-hybridized carbons (Fsp3) is 0.250. The van der Waals surface area contributed by atoms with Crippen LogP contribution >= 0.6 is 0 Å². The fourth-order valence-electron chi connectivity index (χ4n) is 1.70. The molecule has 1 aromatic carbocycles. The molecule has 0 aliphatic rings. The number of nitrogens with zero attached hydrogens (tertiary/aromatic N) is 2. The first kappa shape index (κ1) is 13.4. The molecule has 1 heterocycles. The lowest BCUT2D eigenvalue weighted by atomic mass is 10.1. The van der Waals surface area contributed by atoms with Gasteiger partial charge in [-0.05, 0) is 17.7 Å². The van der Waals surface area contributed by atoms with E-state index in [4.69, 9.17) is 10.8 Å². The molecule has 0 saturated carbocycles. The number of anilines is 1. The molecule has 0 bridgehead atoms. The van der Waals surface area contributed by atoms with E-state index in [0.29, 0.717) is 11.1 Å². The molecule has 0 radical (unpaired) electrons. The topological polar surface area (TPSA) is 64.1 Å². The highest BCUT2D eigenvalue weighted by molar-refractivity contribution is 5.39. The zero-order valence-corrected chi connectivity index (χ0v) is 9.85. The van der Waals surface area contributed by atoms with Crippen molar-refractivity contribution in [1.82, 2.24) is 9.78 Å². The van der Waals surface area contributed by atoms with Gasteiger partial charge in [0, 0.05) is 5.56 Å². The second kappa shape index (κ2) is 4.93. The molecular formula is C12H12F3N3O. The van der Waals surface area contributed by atoms with Crippen molar-refractivity contribution >= 4 is 5.82 Å². The zero-order valence-electron chi connectivity index (χ0n) is 9.85. The summed E-state index contributed by atoms with van der Waals surface area (Å²) in [5.74, 6) is 0.250. The molecule has 2 aromatic rings. The van der Waals surface area contributed by atoms with Crippen LogP contribution in [0, 0.1) is 0 Å². The van der Waals surface area contributed by atoms with Crippen LogP contribution in [-0.2, 0) is 19.3 Å². The highest BCUT2D eigenvalue weighted by atomic mass is 19.4. The summed E-state index contributed by atoms with van der Waals surface area (Å²) in [6.07, 6.45) is -2.98. The Morgan fingerprint density at radius 2 is 2.05 bits per heavy atom. The van der Waals surface area contributed by atoms with Gasteiger partial charge in [-0.25, -0.2) is 4.68 Å². The van der Waals surface area contributed by atoms with Crippen LogP contribution < -0.4 is 5.73 Å². The minimum Gasteiger partial charge on any atom is -0.391 e. The Hall–Kier alpha value is -2.02. The Bertz CT molecular complexity index is 578. The molecule has 1 aromatic heterocycles. The van der Waals surface area contributed by atoms with Crippen molar-refractivity contribution in [3.8, 4) is 0 Å². The Morgan fingerprint density at radius 3 is 2.63 bits per heavy atom. The van der Waals surface area contributed by atoms with Crippen LogP contribution in [0.1, 0.15) is 16.7 Å². The van der Waals surface area contributed by atoms with Crippen molar-refractivity contribution in [2.45, 2.75) is 19.3 Å². The van der Waals surface area contributed by atoms with Gasteiger partial charge in [0.25, 0.3) is 0 Å². The lowest BCUT2D eigenvalue weighted by Crippen LogP contribution is -2.09. The largest absolute Gasteiger partial charge is 0.416 e. The molecule has 0 aliphatic heterocycles. The number of nitrogen functional groups attached to an aromatic ring is 1. The van der Waals surface area contributed by atoms with E-state index in [1.165, 1.54) is 16.9 Å². The van der Waals surface area contributed by atoms with Gasteiger partial charge in [-0.2, -0.15) is 18.3 Å². The molecule has 0 fully saturated rings. The summed E-state index contributed by atoms with van der Waals surface area (Å²) in [4.78, 5) is 0. The molecule has 0 aliphatic carbocycles. The fourth-order valence-corrected chi connectivity index (χ4v) is 1.70. The van der Waals surface area contributed by atoms with Gasteiger partial charge in [-0.15, -0.1) is 0 Å². The first-order valence-corrected chi connectivity index (χ1v) is 5.49. The number of halogens is 3. The van der Waals surface area contributed by atoms with Gasteiger partial charge in [-0.3, -0.25) is 0 Å². The maximum atomic E-state index is 12.6. The molecular weight excluding hydrogens is 259 g/mol. The van der Waals surface area contributed by atoms with E-state index in [1.54, 1.807) is 6.07 Å². The smallest absolute Gasteiger partial charge is 0.391 e. The van der Waals surface area contributed by atoms with Crippen LogP contribution in [0.5, 0.6) is 0 Å². The number of aliphatic hydroxyl groups excluding tert-OH is 1. The number of benzene rings is 1. The SMILES string of the molecule is Nc1c(CO)cnn1Cc1cccc(C(F)(F)F)c1. The normalized spacial score (nSPS) is 11.8. The lowest BCUT2D eigenvalue weighted by molar-refractivity contribution is -0.137. The number of aromatic nitrogens is 2. The van der Waals surface area contributed by atoms with Crippen LogP contribution in [0.25, 0.3) is 0 Å². The van der Waals surface area contributed by atoms with Crippen LogP contribution in [0.3, 0.4) is 0 Å². The molecule has 4 nitrogen and oxygen atoms in total. The quantitative estimate of drug-likeness (QED) is 0.897. The van der Waals surface area contributed by atoms with Crippen LogP contribution in [0.4, 0.5) is 19.0 Å². The van der Waals surface area contributed by atoms with E-state index in [2.05, 4.69) is 5.10 Å². The van der Waals surface area contributed by atoms with Crippen molar-refractivity contribution < 1.29 is 18.3 Å². The third kappa shape index (κ3) is 2.87. The summed E-state index contributed by atoms with van der Waals surface area (Å²) in [5, 5.41) is 12.9. The third-order valence-corrected chi connectivity index (χ3v) is 2.72. The number of aliphatic hydroxyl groups is 1. The molecule has 0 saturated heterocycles. The molecule has 102 valence electrons. The molecule has 3 N–H and O–H groups in total. The summed E-state index contributed by atoms with van der Waals surface area (Å²) in [7, 11) is 0. The molecule has 19 heavy (non-hydrogen) atoms. The lowest BCUT2D eigenvalue weighted by Gasteiger charge is -2.09. The molecule has 0 unspecified atom stereocenters. The van der Waals surface area contributed by atoms with E-state index < -0.39 is 11.7 Å². The molecule has 0 atom stereocenters. The van der Waals surface area contributed by atoms with E-state index in [1.807, 2.05) is 0 Å². The Kier molecular flexibility index (Phi) is 3.48. The van der Waals surface area contributed by atoms with Gasteiger partial charge in [0.05, 0.1) is 24.9 Å². The van der Waals surface area contributed by atoms with Crippen LogP contribution in [-0.4, -0.2) is 14.9 Å². The summed E-state index contributed by atoms with van der Waals surface area (Å²) in [6.45, 7) is -0.135. The summed E-state index contributed by atoms with van der Waals surface area (Å²) in [6, 6.07) is 4.97. The average Bonchev–Trinajstić information content (AvgIpc) is 2.70. The van der Waals surface area contributed by atoms with Gasteiger partial charge in [0.2, 0.25) is 0 Å². The van der Waals surface area contributed by atoms with Crippen molar-refractivity contribution in [2.75, 3.05) is 5.73 Å². The molecule has 0 amide bonds. The average molecular weight is 271 g/mol. The predicted molar refractivity (Wildman–Crippen MR) is 63.1 cm³/mol. The van der Waals surface area contributed by atoms with E-state index in [0.717, 1.165) is 12.1 Å². The second-order valence-electron chi connectivity index (χ2n) is 4.07. The number of hydrogen-bond acceptors (Lipinski definition) is 3. The van der Waals surface area contributed by atoms with Gasteiger partial charge in [0.15, 0.2) is 0 Å². The maximum absolute atomic E-state index is 12.6. The minimum atomic E-state index is -4.37. The maximum Gasteiger partial charge on any atom is 0.416 e. The van der Waals surface area contributed by atoms with Crippen LogP contribution in [0.2, 0.25) is 0 Å². The monoisotopic (exact) mass is 271 g/mol. The highest BCUT2D eigenvalue weighted by Crippen LogP contribution is 2.29. The first-order valence-electron chi connectivity index (χ1n) is 5.49. The number of nitrogens with two attached hydrogens (primary N) is 1. The highest BCUT2D eigenvalue weighted by Gasteiger charge is 2.30. The van der Waals surface area contributed by atoms with Crippen molar-refractivity contribution in [3.05, 3.63) is 47.2 Å². The molecule has 7 heteroatoms. The van der Waals surface area contributed by atoms with Gasteiger partial charge in [0.1, 0.15) is 5.82 Å². The Labute approximate surface area is 107 Å². The summed E-state index contributed by atoms with van der Waals surface area (Å²) >= 11 is 0. The number of alkyl halides is 3. The Balaban J connectivity index is 2.26. The van der Waals surface area contributed by atoms with Gasteiger partial charge >= 0.3 is 6.18 Å². The number of rotatable bonds is 3. The summed E-state index contributed by atoms with van der Waals surface area (Å²) < 4.78 is 39.0. The van der Waals surface area contributed by atoms with E-state index >= 15 is 0 Å². The predicted octanol–water partition coefficient (Wildman–Crippen LogP) is 2.02. The number of hydrogen-bond donors (Lipinski definition) is 2. The first-order chi connectivity index (χ1) is 8.91.